The smallest absolute Gasteiger partial charge is 0.308 e. The van der Waals surface area contributed by atoms with Gasteiger partial charge in [0.25, 0.3) is 0 Å². The van der Waals surface area contributed by atoms with Crippen molar-refractivity contribution in [3.05, 3.63) is 11.5 Å². The van der Waals surface area contributed by atoms with Gasteiger partial charge in [-0.05, 0) is 0 Å². The van der Waals surface area contributed by atoms with Crippen molar-refractivity contribution in [1.82, 2.24) is 9.97 Å². The Labute approximate surface area is 101 Å². The number of nitrogens with two attached hydrogens (primary N) is 1. The highest BCUT2D eigenvalue weighted by Crippen LogP contribution is 2.33. The van der Waals surface area contributed by atoms with Gasteiger partial charge in [-0.3, -0.25) is 9.59 Å². The van der Waals surface area contributed by atoms with Crippen LogP contribution >= 0.6 is 11.6 Å². The minimum Gasteiger partial charge on any atom is -0.481 e. The maximum absolute atomic E-state index is 11.7. The van der Waals surface area contributed by atoms with Crippen molar-refractivity contribution < 1.29 is 14.7 Å². The molecule has 1 aromatic heterocycles. The lowest BCUT2D eigenvalue weighted by molar-refractivity contribution is -0.141. The lowest BCUT2D eigenvalue weighted by atomic mass is 10.1. The van der Waals surface area contributed by atoms with E-state index in [9.17, 15) is 9.59 Å². The van der Waals surface area contributed by atoms with E-state index in [0.717, 1.165) is 0 Å². The molecular weight excluding hydrogens is 248 g/mol. The Kier molecular flexibility index (Phi) is 2.84. The first-order chi connectivity index (χ1) is 8.00. The van der Waals surface area contributed by atoms with Crippen LogP contribution in [0.3, 0.4) is 0 Å². The summed E-state index contributed by atoms with van der Waals surface area (Å²) < 4.78 is 0. The van der Waals surface area contributed by atoms with Crippen molar-refractivity contribution in [3.8, 4) is 0 Å². The molecule has 1 aromatic rings. The lowest BCUT2D eigenvalue weighted by Crippen LogP contribution is -2.27. The van der Waals surface area contributed by atoms with Crippen LogP contribution in [0.25, 0.3) is 0 Å². The molecule has 1 unspecified atom stereocenters. The zero-order chi connectivity index (χ0) is 12.6. The van der Waals surface area contributed by atoms with E-state index in [0.29, 0.717) is 0 Å². The van der Waals surface area contributed by atoms with Crippen molar-refractivity contribution in [3.63, 3.8) is 0 Å². The van der Waals surface area contributed by atoms with E-state index in [2.05, 4.69) is 9.97 Å². The van der Waals surface area contributed by atoms with Gasteiger partial charge in [-0.25, -0.2) is 9.97 Å². The number of aliphatic carboxylic acids is 1. The number of rotatable bonds is 2. The Morgan fingerprint density at radius 1 is 1.59 bits per heavy atom. The average Bonchev–Trinajstić information content (AvgIpc) is 2.61. The first-order valence-corrected chi connectivity index (χ1v) is 5.17. The molecule has 7 nitrogen and oxygen atoms in total. The van der Waals surface area contributed by atoms with Crippen molar-refractivity contribution >= 4 is 35.0 Å². The van der Waals surface area contributed by atoms with Gasteiger partial charge in [0.05, 0.1) is 5.92 Å². The summed E-state index contributed by atoms with van der Waals surface area (Å²) in [4.78, 5) is 31.2. The molecule has 0 spiro atoms. The van der Waals surface area contributed by atoms with Gasteiger partial charge < -0.3 is 15.7 Å². The summed E-state index contributed by atoms with van der Waals surface area (Å²) in [7, 11) is 0. The predicted octanol–water partition coefficient (Wildman–Crippen LogP) is 0.150. The third-order valence-corrected chi connectivity index (χ3v) is 2.83. The average molecular weight is 257 g/mol. The van der Waals surface area contributed by atoms with Gasteiger partial charge in [-0.1, -0.05) is 11.6 Å². The van der Waals surface area contributed by atoms with Gasteiger partial charge in [0.15, 0.2) is 11.0 Å². The molecule has 1 aliphatic heterocycles. The van der Waals surface area contributed by atoms with Crippen LogP contribution in [0.4, 0.5) is 11.5 Å². The van der Waals surface area contributed by atoms with E-state index in [-0.39, 0.29) is 35.5 Å². The van der Waals surface area contributed by atoms with E-state index in [1.807, 2.05) is 0 Å². The number of carboxylic acids is 1. The summed E-state index contributed by atoms with van der Waals surface area (Å²) in [5.41, 5.74) is 5.79. The summed E-state index contributed by atoms with van der Waals surface area (Å²) in [6.45, 7) is 0.0332. The molecule has 1 aliphatic rings. The molecule has 0 aliphatic carbocycles. The number of nitrogen functional groups attached to an aromatic ring is 1. The van der Waals surface area contributed by atoms with Crippen LogP contribution in [0.15, 0.2) is 6.33 Å². The number of nitrogens with zero attached hydrogens (tertiary/aromatic N) is 3. The van der Waals surface area contributed by atoms with E-state index in [4.69, 9.17) is 22.4 Å². The van der Waals surface area contributed by atoms with Gasteiger partial charge in [0, 0.05) is 13.0 Å². The van der Waals surface area contributed by atoms with Crippen molar-refractivity contribution in [2.24, 2.45) is 5.92 Å². The topological polar surface area (TPSA) is 109 Å². The Hall–Kier alpha value is -1.89. The summed E-state index contributed by atoms with van der Waals surface area (Å²) in [6, 6.07) is 0. The Morgan fingerprint density at radius 3 is 2.82 bits per heavy atom. The molecule has 0 bridgehead atoms. The minimum absolute atomic E-state index is 0.0332. The molecule has 90 valence electrons. The SMILES string of the molecule is Nc1ncnc(Cl)c1N1CC(C(=O)O)CC1=O. The Morgan fingerprint density at radius 2 is 2.29 bits per heavy atom. The molecule has 1 fully saturated rings. The highest BCUT2D eigenvalue weighted by Gasteiger charge is 2.37. The molecule has 2 heterocycles. The van der Waals surface area contributed by atoms with Gasteiger partial charge in [0.2, 0.25) is 5.91 Å². The molecule has 17 heavy (non-hydrogen) atoms. The summed E-state index contributed by atoms with van der Waals surface area (Å²) in [6.07, 6.45) is 1.11. The lowest BCUT2D eigenvalue weighted by Gasteiger charge is -2.17. The number of anilines is 2. The molecule has 1 saturated heterocycles. The number of amides is 1. The van der Waals surface area contributed by atoms with Crippen LogP contribution in [0.5, 0.6) is 0 Å². The molecule has 3 N–H and O–H groups in total. The van der Waals surface area contributed by atoms with Crippen LogP contribution in [0, 0.1) is 5.92 Å². The van der Waals surface area contributed by atoms with Gasteiger partial charge >= 0.3 is 5.97 Å². The van der Waals surface area contributed by atoms with Gasteiger partial charge in [-0.15, -0.1) is 0 Å². The molecule has 2 rings (SSSR count). The molecule has 0 radical (unpaired) electrons. The fourth-order valence-electron chi connectivity index (χ4n) is 1.71. The number of halogens is 1. The minimum atomic E-state index is -1.02. The van der Waals surface area contributed by atoms with Crippen LogP contribution in [-0.2, 0) is 9.59 Å². The third kappa shape index (κ3) is 2.01. The van der Waals surface area contributed by atoms with E-state index in [1.54, 1.807) is 0 Å². The standard InChI is InChI=1S/C9H9ClN4O3/c10-7-6(8(11)13-3-12-7)14-2-4(9(16)17)1-5(14)15/h3-4H,1-2H2,(H,16,17)(H2,11,12,13). The van der Waals surface area contributed by atoms with Gasteiger partial charge in [0.1, 0.15) is 12.0 Å². The quantitative estimate of drug-likeness (QED) is 0.729. The Balaban J connectivity index is 2.35. The number of hydrogen-bond acceptors (Lipinski definition) is 5. The van der Waals surface area contributed by atoms with Crippen LogP contribution in [-0.4, -0.2) is 33.5 Å². The van der Waals surface area contributed by atoms with E-state index >= 15 is 0 Å². The normalized spacial score (nSPS) is 19.7. The predicted molar refractivity (Wildman–Crippen MR) is 59.6 cm³/mol. The number of aromatic nitrogens is 2. The molecular formula is C9H9ClN4O3. The zero-order valence-corrected chi connectivity index (χ0v) is 9.39. The maximum Gasteiger partial charge on any atom is 0.308 e. The van der Waals surface area contributed by atoms with Crippen molar-refractivity contribution in [1.29, 1.82) is 0 Å². The Bertz CT molecular complexity index is 473. The monoisotopic (exact) mass is 256 g/mol. The summed E-state index contributed by atoms with van der Waals surface area (Å²) >= 11 is 5.83. The van der Waals surface area contributed by atoms with Crippen LogP contribution in [0.1, 0.15) is 6.42 Å². The molecule has 0 saturated carbocycles. The molecule has 0 aromatic carbocycles. The molecule has 1 atom stereocenters. The fourth-order valence-corrected chi connectivity index (χ4v) is 1.95. The number of carbonyl (C=O) groups excluding carboxylic acids is 1. The number of carboxylic acid groups (broad SMARTS) is 1. The highest BCUT2D eigenvalue weighted by molar-refractivity contribution is 6.33. The van der Waals surface area contributed by atoms with E-state index in [1.165, 1.54) is 11.2 Å². The zero-order valence-electron chi connectivity index (χ0n) is 8.63. The van der Waals surface area contributed by atoms with Crippen LogP contribution in [0.2, 0.25) is 5.15 Å². The second kappa shape index (κ2) is 4.17. The third-order valence-electron chi connectivity index (χ3n) is 2.55. The highest BCUT2D eigenvalue weighted by atomic mass is 35.5. The van der Waals surface area contributed by atoms with Crippen LogP contribution < -0.4 is 10.6 Å². The second-order valence-corrected chi connectivity index (χ2v) is 4.00. The largest absolute Gasteiger partial charge is 0.481 e. The maximum atomic E-state index is 11.7. The summed E-state index contributed by atoms with van der Waals surface area (Å²) in [5, 5.41) is 8.90. The fraction of sp³-hybridized carbons (Fsp3) is 0.333. The van der Waals surface area contributed by atoms with Crippen molar-refractivity contribution in [2.75, 3.05) is 17.2 Å². The number of hydrogen-bond donors (Lipinski definition) is 2. The second-order valence-electron chi connectivity index (χ2n) is 3.64. The first-order valence-electron chi connectivity index (χ1n) is 4.80. The first kappa shape index (κ1) is 11.6. The van der Waals surface area contributed by atoms with Crippen molar-refractivity contribution in [2.45, 2.75) is 6.42 Å². The van der Waals surface area contributed by atoms with E-state index < -0.39 is 11.9 Å². The molecule has 8 heteroatoms. The number of carbonyl (C=O) groups is 2. The van der Waals surface area contributed by atoms with Gasteiger partial charge in [-0.2, -0.15) is 0 Å². The molecule has 1 amide bonds. The summed E-state index contributed by atoms with van der Waals surface area (Å²) in [5.74, 6) is -2.06.